The second-order valence-corrected chi connectivity index (χ2v) is 2.84. The average molecular weight is 228 g/mol. The Hall–Kier alpha value is -2.22. The van der Waals surface area contributed by atoms with E-state index in [4.69, 9.17) is 21.1 Å². The predicted octanol–water partition coefficient (Wildman–Crippen LogP) is 0.824. The number of aromatic carboxylic acids is 1. The molecule has 0 saturated carbocycles. The van der Waals surface area contributed by atoms with Crippen LogP contribution >= 0.6 is 0 Å². The van der Waals surface area contributed by atoms with Gasteiger partial charge in [-0.15, -0.1) is 4.91 Å². The minimum absolute atomic E-state index is 0.119. The van der Waals surface area contributed by atoms with E-state index >= 15 is 0 Å². The van der Waals surface area contributed by atoms with Crippen molar-refractivity contribution in [1.29, 1.82) is 0 Å². The summed E-state index contributed by atoms with van der Waals surface area (Å²) < 4.78 is 0. The van der Waals surface area contributed by atoms with Gasteiger partial charge in [-0.05, 0) is 25.5 Å². The highest BCUT2D eigenvalue weighted by Crippen LogP contribution is 2.17. The van der Waals surface area contributed by atoms with Gasteiger partial charge in [-0.1, -0.05) is 0 Å². The van der Waals surface area contributed by atoms with Gasteiger partial charge in [0, 0.05) is 5.69 Å². The number of hydrogen-bond donors (Lipinski definition) is 4. The van der Waals surface area contributed by atoms with E-state index < -0.39 is 5.97 Å². The summed E-state index contributed by atoms with van der Waals surface area (Å²) in [6, 6.07) is 1.70. The molecule has 0 fully saturated rings. The number of hydrazine groups is 1. The summed E-state index contributed by atoms with van der Waals surface area (Å²) in [5.41, 5.74) is 3.76. The lowest BCUT2D eigenvalue weighted by Gasteiger charge is -2.07. The molecule has 0 unspecified atom stereocenters. The molecule has 16 heavy (non-hydrogen) atoms. The van der Waals surface area contributed by atoms with Crippen LogP contribution in [0, 0.1) is 18.8 Å². The SMILES string of the molecule is Cc1cc(C)c(C(=O)O)c(NN)n1.O=NO. The van der Waals surface area contributed by atoms with Gasteiger partial charge in [-0.25, -0.2) is 15.6 Å². The Kier molecular flexibility index (Phi) is 5.42. The van der Waals surface area contributed by atoms with Crippen molar-refractivity contribution in [3.05, 3.63) is 27.8 Å². The third-order valence-corrected chi connectivity index (χ3v) is 1.70. The van der Waals surface area contributed by atoms with Crippen LogP contribution in [0.1, 0.15) is 21.6 Å². The van der Waals surface area contributed by atoms with Crippen molar-refractivity contribution in [2.75, 3.05) is 5.43 Å². The number of aryl methyl sites for hydroxylation is 2. The fourth-order valence-corrected chi connectivity index (χ4v) is 1.21. The van der Waals surface area contributed by atoms with Crippen molar-refractivity contribution in [3.8, 4) is 0 Å². The first kappa shape index (κ1) is 13.8. The maximum Gasteiger partial charge on any atom is 0.339 e. The van der Waals surface area contributed by atoms with Crippen molar-refractivity contribution in [1.82, 2.24) is 4.98 Å². The first-order valence-corrected chi connectivity index (χ1v) is 4.12. The molecule has 1 aromatic heterocycles. The fourth-order valence-electron chi connectivity index (χ4n) is 1.21. The number of nitrogens with one attached hydrogen (secondary N) is 1. The van der Waals surface area contributed by atoms with Gasteiger partial charge < -0.3 is 15.7 Å². The average Bonchev–Trinajstić information content (AvgIpc) is 2.16. The molecular formula is C8H12N4O4. The van der Waals surface area contributed by atoms with Crippen LogP contribution in [-0.4, -0.2) is 21.3 Å². The summed E-state index contributed by atoms with van der Waals surface area (Å²) in [4.78, 5) is 22.8. The van der Waals surface area contributed by atoms with Gasteiger partial charge in [-0.3, -0.25) is 0 Å². The number of carboxylic acids is 1. The van der Waals surface area contributed by atoms with Crippen LogP contribution in [0.15, 0.2) is 11.4 Å². The van der Waals surface area contributed by atoms with Gasteiger partial charge in [0.1, 0.15) is 5.56 Å². The molecule has 1 aromatic rings. The monoisotopic (exact) mass is 228 g/mol. The molecule has 1 rings (SSSR count). The smallest absolute Gasteiger partial charge is 0.339 e. The van der Waals surface area contributed by atoms with E-state index in [1.54, 1.807) is 19.9 Å². The molecule has 0 aliphatic carbocycles. The normalized spacial score (nSPS) is 8.69. The molecule has 0 aliphatic rings. The van der Waals surface area contributed by atoms with Crippen molar-refractivity contribution < 1.29 is 15.1 Å². The zero-order valence-corrected chi connectivity index (χ0v) is 8.76. The van der Waals surface area contributed by atoms with Crippen LogP contribution in [0.2, 0.25) is 0 Å². The van der Waals surface area contributed by atoms with Crippen LogP contribution < -0.4 is 11.3 Å². The van der Waals surface area contributed by atoms with E-state index in [0.717, 1.165) is 5.69 Å². The van der Waals surface area contributed by atoms with E-state index in [0.29, 0.717) is 5.56 Å². The van der Waals surface area contributed by atoms with Crippen LogP contribution in [0.25, 0.3) is 0 Å². The lowest BCUT2D eigenvalue weighted by atomic mass is 10.1. The molecule has 0 aromatic carbocycles. The topological polar surface area (TPSA) is 138 Å². The van der Waals surface area contributed by atoms with Crippen molar-refractivity contribution in [3.63, 3.8) is 0 Å². The second kappa shape index (κ2) is 6.30. The Morgan fingerprint density at radius 1 is 1.56 bits per heavy atom. The second-order valence-electron chi connectivity index (χ2n) is 2.84. The summed E-state index contributed by atoms with van der Waals surface area (Å²) in [6.07, 6.45) is 0. The number of nitrogens with two attached hydrogens (primary N) is 1. The molecule has 0 atom stereocenters. The Morgan fingerprint density at radius 3 is 2.44 bits per heavy atom. The Bertz CT molecular complexity index is 394. The van der Waals surface area contributed by atoms with Crippen LogP contribution in [-0.2, 0) is 0 Å². The quantitative estimate of drug-likeness (QED) is 0.334. The number of aromatic nitrogens is 1. The van der Waals surface area contributed by atoms with Crippen molar-refractivity contribution in [2.45, 2.75) is 13.8 Å². The van der Waals surface area contributed by atoms with E-state index in [1.807, 2.05) is 0 Å². The first-order chi connectivity index (χ1) is 7.47. The zero-order valence-electron chi connectivity index (χ0n) is 8.76. The highest BCUT2D eigenvalue weighted by Gasteiger charge is 2.14. The number of nitrogen functional groups attached to an aromatic ring is 1. The molecule has 88 valence electrons. The van der Waals surface area contributed by atoms with E-state index in [-0.39, 0.29) is 11.4 Å². The summed E-state index contributed by atoms with van der Waals surface area (Å²) >= 11 is 0. The molecule has 5 N–H and O–H groups in total. The lowest BCUT2D eigenvalue weighted by Crippen LogP contribution is -2.15. The number of rotatable bonds is 2. The number of hydrogen-bond acceptors (Lipinski definition) is 6. The van der Waals surface area contributed by atoms with Gasteiger partial charge in [0.05, 0.1) is 0 Å². The van der Waals surface area contributed by atoms with Crippen LogP contribution in [0.5, 0.6) is 0 Å². The third kappa shape index (κ3) is 3.50. The number of nitrogens with zero attached hydrogens (tertiary/aromatic N) is 2. The first-order valence-electron chi connectivity index (χ1n) is 4.12. The largest absolute Gasteiger partial charge is 0.478 e. The standard InChI is InChI=1S/C8H11N3O2.HNO2/c1-4-3-5(2)10-7(11-9)6(4)8(12)13;2-1-3/h3H,9H2,1-2H3,(H,10,11)(H,12,13);(H,2,3). The maximum atomic E-state index is 10.8. The Morgan fingerprint density at radius 2 is 2.06 bits per heavy atom. The molecule has 8 nitrogen and oxygen atoms in total. The van der Waals surface area contributed by atoms with E-state index in [2.05, 4.69) is 10.4 Å². The number of anilines is 1. The zero-order chi connectivity index (χ0) is 12.7. The molecule has 0 saturated heterocycles. The molecule has 0 radical (unpaired) electrons. The Balaban J connectivity index is 0.000000673. The number of carbonyl (C=O) groups is 1. The minimum Gasteiger partial charge on any atom is -0.478 e. The van der Waals surface area contributed by atoms with Crippen LogP contribution in [0.4, 0.5) is 5.82 Å². The summed E-state index contributed by atoms with van der Waals surface area (Å²) in [7, 11) is 0. The molecule has 1 heterocycles. The molecule has 0 spiro atoms. The Labute approximate surface area is 91.0 Å². The third-order valence-electron chi connectivity index (χ3n) is 1.70. The predicted molar refractivity (Wildman–Crippen MR) is 56.1 cm³/mol. The highest BCUT2D eigenvalue weighted by atomic mass is 16.6. The maximum absolute atomic E-state index is 10.8. The fraction of sp³-hybridized carbons (Fsp3) is 0.250. The number of pyridine rings is 1. The van der Waals surface area contributed by atoms with Crippen LogP contribution in [0.3, 0.4) is 0 Å². The van der Waals surface area contributed by atoms with Gasteiger partial charge in [-0.2, -0.15) is 0 Å². The van der Waals surface area contributed by atoms with E-state index in [9.17, 15) is 4.79 Å². The van der Waals surface area contributed by atoms with Gasteiger partial charge in [0.15, 0.2) is 11.2 Å². The highest BCUT2D eigenvalue weighted by molar-refractivity contribution is 5.94. The van der Waals surface area contributed by atoms with Gasteiger partial charge >= 0.3 is 5.97 Å². The molecule has 0 amide bonds. The van der Waals surface area contributed by atoms with Crippen molar-refractivity contribution >= 4 is 11.8 Å². The molecule has 8 heteroatoms. The van der Waals surface area contributed by atoms with Gasteiger partial charge in [0.2, 0.25) is 0 Å². The molecular weight excluding hydrogens is 216 g/mol. The van der Waals surface area contributed by atoms with Crippen molar-refractivity contribution in [2.24, 2.45) is 11.2 Å². The minimum atomic E-state index is -1.03. The summed E-state index contributed by atoms with van der Waals surface area (Å²) in [6.45, 7) is 3.48. The van der Waals surface area contributed by atoms with E-state index in [1.165, 1.54) is 5.34 Å². The number of carboxylic acid groups (broad SMARTS) is 1. The molecule has 0 bridgehead atoms. The van der Waals surface area contributed by atoms with Gasteiger partial charge in [0.25, 0.3) is 0 Å². The summed E-state index contributed by atoms with van der Waals surface area (Å²) in [5, 5.41) is 16.7. The molecule has 0 aliphatic heterocycles. The lowest BCUT2D eigenvalue weighted by molar-refractivity contribution is 0.0697. The summed E-state index contributed by atoms with van der Waals surface area (Å²) in [5.74, 6) is 4.32.